The van der Waals surface area contributed by atoms with E-state index < -0.39 is 12.1 Å². The highest BCUT2D eigenvalue weighted by Gasteiger charge is 2.19. The third kappa shape index (κ3) is 50.0. The molecule has 6 nitrogen and oxygen atoms in total. The smallest absolute Gasteiger partial charge is 0.306 e. The number of allylic oxidation sites excluding steroid dienone is 26. The topological polar surface area (TPSA) is 78.9 Å². The third-order valence-electron chi connectivity index (χ3n) is 9.87. The maximum absolute atomic E-state index is 12.8. The molecule has 6 heteroatoms. The van der Waals surface area contributed by atoms with Crippen LogP contribution in [0, 0.1) is 0 Å². The average molecular weight is 907 g/mol. The summed E-state index contributed by atoms with van der Waals surface area (Å²) in [4.78, 5) is 38.0. The molecule has 0 aliphatic rings. The van der Waals surface area contributed by atoms with Gasteiger partial charge in [0, 0.05) is 19.3 Å². The highest BCUT2D eigenvalue weighted by atomic mass is 16.6. The van der Waals surface area contributed by atoms with E-state index in [0.29, 0.717) is 19.3 Å². The fourth-order valence-electron chi connectivity index (χ4n) is 6.12. The largest absolute Gasteiger partial charge is 0.462 e. The molecule has 366 valence electrons. The van der Waals surface area contributed by atoms with Crippen molar-refractivity contribution in [3.8, 4) is 0 Å². The SMILES string of the molecule is CC/C=C\C/C=C\C/C=C\C/C=C\C/C=C\CCC(=O)OC(COC(=O)CCCCCC/C=C\C/C=C\C/C=C\CC)COC(=O)CCCCCCC\C=C/C=C\C=C/C=C\C=C/CCC. The van der Waals surface area contributed by atoms with Crippen LogP contribution in [-0.2, 0) is 28.6 Å². The molecule has 0 saturated carbocycles. The van der Waals surface area contributed by atoms with Crippen molar-refractivity contribution >= 4 is 17.9 Å². The number of unbranched alkanes of at least 4 members (excludes halogenated alkanes) is 10. The Labute approximate surface area is 403 Å². The Hall–Kier alpha value is -4.97. The fraction of sp³-hybridized carbons (Fsp3) is 0.517. The van der Waals surface area contributed by atoms with Gasteiger partial charge in [-0.25, -0.2) is 0 Å². The van der Waals surface area contributed by atoms with Gasteiger partial charge in [-0.1, -0.05) is 217 Å². The lowest BCUT2D eigenvalue weighted by Crippen LogP contribution is -2.30. The van der Waals surface area contributed by atoms with Crippen LogP contribution in [0.2, 0.25) is 0 Å². The molecule has 1 unspecified atom stereocenters. The van der Waals surface area contributed by atoms with E-state index in [2.05, 4.69) is 130 Å². The predicted molar refractivity (Wildman–Crippen MR) is 283 cm³/mol. The van der Waals surface area contributed by atoms with Crippen LogP contribution in [0.3, 0.4) is 0 Å². The maximum Gasteiger partial charge on any atom is 0.306 e. The number of hydrogen-bond acceptors (Lipinski definition) is 6. The first-order valence-electron chi connectivity index (χ1n) is 25.6. The van der Waals surface area contributed by atoms with E-state index >= 15 is 0 Å². The van der Waals surface area contributed by atoms with Crippen molar-refractivity contribution in [2.45, 2.75) is 187 Å². The molecule has 0 aromatic carbocycles. The minimum atomic E-state index is -0.846. The fourth-order valence-corrected chi connectivity index (χ4v) is 6.12. The predicted octanol–water partition coefficient (Wildman–Crippen LogP) is 17.0. The van der Waals surface area contributed by atoms with Crippen molar-refractivity contribution in [2.75, 3.05) is 13.2 Å². The second kappa shape index (κ2) is 52.7. The van der Waals surface area contributed by atoms with Crippen molar-refractivity contribution in [1.82, 2.24) is 0 Å². The van der Waals surface area contributed by atoms with E-state index in [1.54, 1.807) is 0 Å². The van der Waals surface area contributed by atoms with E-state index in [-0.39, 0.29) is 31.6 Å². The molecule has 0 saturated heterocycles. The molecule has 0 radical (unpaired) electrons. The lowest BCUT2D eigenvalue weighted by Gasteiger charge is -2.18. The van der Waals surface area contributed by atoms with Gasteiger partial charge in [-0.3, -0.25) is 14.4 Å². The zero-order valence-corrected chi connectivity index (χ0v) is 41.6. The summed E-state index contributed by atoms with van der Waals surface area (Å²) in [5.41, 5.74) is 0. The normalized spacial score (nSPS) is 13.4. The van der Waals surface area contributed by atoms with Crippen LogP contribution >= 0.6 is 0 Å². The van der Waals surface area contributed by atoms with Crippen LogP contribution in [0.4, 0.5) is 0 Å². The van der Waals surface area contributed by atoms with Gasteiger partial charge in [0.1, 0.15) is 13.2 Å². The van der Waals surface area contributed by atoms with Gasteiger partial charge in [-0.15, -0.1) is 0 Å². The summed E-state index contributed by atoms with van der Waals surface area (Å²) in [5, 5.41) is 0. The molecule has 0 aliphatic carbocycles. The highest BCUT2D eigenvalue weighted by Crippen LogP contribution is 2.11. The molecule has 66 heavy (non-hydrogen) atoms. The first kappa shape index (κ1) is 61.0. The lowest BCUT2D eigenvalue weighted by atomic mass is 10.1. The molecule has 0 rings (SSSR count). The van der Waals surface area contributed by atoms with Crippen LogP contribution in [0.1, 0.15) is 181 Å². The van der Waals surface area contributed by atoms with Crippen molar-refractivity contribution in [2.24, 2.45) is 0 Å². The van der Waals surface area contributed by atoms with Gasteiger partial charge < -0.3 is 14.2 Å². The molecule has 0 aromatic heterocycles. The second-order valence-corrected chi connectivity index (χ2v) is 16.1. The van der Waals surface area contributed by atoms with Crippen LogP contribution in [0.15, 0.2) is 158 Å². The molecule has 0 N–H and O–H groups in total. The minimum Gasteiger partial charge on any atom is -0.462 e. The number of esters is 3. The lowest BCUT2D eigenvalue weighted by molar-refractivity contribution is -0.166. The number of hydrogen-bond donors (Lipinski definition) is 0. The van der Waals surface area contributed by atoms with Gasteiger partial charge in [-0.05, 0) is 103 Å². The summed E-state index contributed by atoms with van der Waals surface area (Å²) >= 11 is 0. The Morgan fingerprint density at radius 2 is 0.682 bits per heavy atom. The quantitative estimate of drug-likeness (QED) is 0.0199. The summed E-state index contributed by atoms with van der Waals surface area (Å²) in [6.45, 7) is 6.18. The number of carbonyl (C=O) groups is 3. The maximum atomic E-state index is 12.8. The van der Waals surface area contributed by atoms with Gasteiger partial charge in [0.15, 0.2) is 6.10 Å². The van der Waals surface area contributed by atoms with Gasteiger partial charge >= 0.3 is 17.9 Å². The Kier molecular flexibility index (Phi) is 48.7. The van der Waals surface area contributed by atoms with Crippen molar-refractivity contribution in [3.05, 3.63) is 158 Å². The summed E-state index contributed by atoms with van der Waals surface area (Å²) in [6, 6.07) is 0. The molecule has 0 aromatic rings. The molecule has 0 bridgehead atoms. The Balaban J connectivity index is 4.63. The van der Waals surface area contributed by atoms with Gasteiger partial charge in [-0.2, -0.15) is 0 Å². The first-order chi connectivity index (χ1) is 32.5. The Morgan fingerprint density at radius 3 is 1.12 bits per heavy atom. The van der Waals surface area contributed by atoms with Gasteiger partial charge in [0.05, 0.1) is 0 Å². The van der Waals surface area contributed by atoms with Crippen LogP contribution < -0.4 is 0 Å². The minimum absolute atomic E-state index is 0.136. The van der Waals surface area contributed by atoms with E-state index in [9.17, 15) is 14.4 Å². The summed E-state index contributed by atoms with van der Waals surface area (Å²) in [5.74, 6) is -1.08. The van der Waals surface area contributed by atoms with Crippen LogP contribution in [0.25, 0.3) is 0 Å². The molecule has 1 atom stereocenters. The van der Waals surface area contributed by atoms with Crippen LogP contribution in [-0.4, -0.2) is 37.2 Å². The van der Waals surface area contributed by atoms with E-state index in [0.717, 1.165) is 128 Å². The number of ether oxygens (including phenoxy) is 3. The molecule has 0 heterocycles. The van der Waals surface area contributed by atoms with Gasteiger partial charge in [0.25, 0.3) is 0 Å². The molecule has 0 spiro atoms. The second-order valence-electron chi connectivity index (χ2n) is 16.1. The van der Waals surface area contributed by atoms with Crippen LogP contribution in [0.5, 0.6) is 0 Å². The van der Waals surface area contributed by atoms with E-state index in [1.807, 2.05) is 48.6 Å². The Morgan fingerprint density at radius 1 is 0.333 bits per heavy atom. The number of rotatable bonds is 43. The third-order valence-corrected chi connectivity index (χ3v) is 9.87. The summed E-state index contributed by atoms with van der Waals surface area (Å²) in [7, 11) is 0. The first-order valence-corrected chi connectivity index (χ1v) is 25.6. The molecule has 0 aliphatic heterocycles. The average Bonchev–Trinajstić information content (AvgIpc) is 3.31. The van der Waals surface area contributed by atoms with Gasteiger partial charge in [0.2, 0.25) is 0 Å². The monoisotopic (exact) mass is 907 g/mol. The van der Waals surface area contributed by atoms with E-state index in [4.69, 9.17) is 14.2 Å². The molecule has 0 fully saturated rings. The van der Waals surface area contributed by atoms with E-state index in [1.165, 1.54) is 6.42 Å². The highest BCUT2D eigenvalue weighted by molar-refractivity contribution is 5.71. The van der Waals surface area contributed by atoms with Crippen molar-refractivity contribution in [3.63, 3.8) is 0 Å². The Bertz CT molecular complexity index is 1560. The zero-order chi connectivity index (χ0) is 47.9. The van der Waals surface area contributed by atoms with Crippen molar-refractivity contribution < 1.29 is 28.6 Å². The summed E-state index contributed by atoms with van der Waals surface area (Å²) in [6.07, 6.45) is 76.6. The molecule has 0 amide bonds. The standard InChI is InChI=1S/C60H90O6/c1-4-7-10-13-16-19-22-25-28-30-31-33-35-38-41-44-47-50-53-59(62)65-56-57(55-64-58(61)52-49-46-43-40-37-34-27-24-21-18-15-12-9-6-3)66-60(63)54-51-48-45-42-39-36-32-29-26-23-20-17-14-11-8-5-2/h8-13,16-22,25-31,33-34,36,39,45,48,57H,4-7,14-15,23-24,32,35,37-38,40-44,46-47,49-56H2,1-3H3/b11-8-,12-9-,13-10-,19-16-,20-17-,21-18-,25-22-,29-26-,30-28-,33-31-,34-27-,39-36-,48-45-. The molecular weight excluding hydrogens is 817 g/mol. The van der Waals surface area contributed by atoms with Crippen molar-refractivity contribution in [1.29, 1.82) is 0 Å². The number of carbonyl (C=O) groups excluding carboxylic acids is 3. The molecular formula is C60H90O6. The summed E-state index contributed by atoms with van der Waals surface area (Å²) < 4.78 is 16.7. The zero-order valence-electron chi connectivity index (χ0n) is 41.6.